The largest absolute Gasteiger partial charge is 0.363 e. The SMILES string of the molecule is CC(=O)c1ccc(S(=O)(=O)N2CCN(c3ccc(F)cc3[N+](=O)[O-])CC2)cc1. The number of piperazine rings is 1. The molecule has 1 saturated heterocycles. The highest BCUT2D eigenvalue weighted by molar-refractivity contribution is 7.89. The van der Waals surface area contributed by atoms with Crippen LogP contribution in [0.25, 0.3) is 0 Å². The second-order valence-electron chi connectivity index (χ2n) is 6.36. The molecule has 0 N–H and O–H groups in total. The van der Waals surface area contributed by atoms with E-state index < -0.39 is 20.8 Å². The molecule has 0 amide bonds. The van der Waals surface area contributed by atoms with Crippen LogP contribution in [-0.2, 0) is 10.0 Å². The Morgan fingerprint density at radius 1 is 1.07 bits per heavy atom. The highest BCUT2D eigenvalue weighted by Gasteiger charge is 2.30. The Morgan fingerprint density at radius 3 is 2.21 bits per heavy atom. The van der Waals surface area contributed by atoms with E-state index >= 15 is 0 Å². The molecular formula is C18H18FN3O5S. The van der Waals surface area contributed by atoms with Crippen LogP contribution in [-0.4, -0.2) is 49.6 Å². The zero-order valence-electron chi connectivity index (χ0n) is 15.0. The molecule has 2 aromatic carbocycles. The average molecular weight is 407 g/mol. The van der Waals surface area contributed by atoms with E-state index in [4.69, 9.17) is 0 Å². The predicted octanol–water partition coefficient (Wildman–Crippen LogP) is 2.45. The van der Waals surface area contributed by atoms with Crippen molar-refractivity contribution in [3.8, 4) is 0 Å². The van der Waals surface area contributed by atoms with Crippen LogP contribution in [0.1, 0.15) is 17.3 Å². The van der Waals surface area contributed by atoms with E-state index in [1.165, 1.54) is 41.6 Å². The number of hydrogen-bond acceptors (Lipinski definition) is 6. The van der Waals surface area contributed by atoms with Crippen LogP contribution in [0.5, 0.6) is 0 Å². The molecule has 28 heavy (non-hydrogen) atoms. The zero-order valence-corrected chi connectivity index (χ0v) is 15.9. The van der Waals surface area contributed by atoms with Gasteiger partial charge in [0.1, 0.15) is 11.5 Å². The average Bonchev–Trinajstić information content (AvgIpc) is 2.68. The molecule has 1 aliphatic rings. The molecule has 1 aliphatic heterocycles. The summed E-state index contributed by atoms with van der Waals surface area (Å²) in [4.78, 5) is 23.6. The summed E-state index contributed by atoms with van der Waals surface area (Å²) in [5.41, 5.74) is 0.331. The van der Waals surface area contributed by atoms with Gasteiger partial charge in [-0.25, -0.2) is 12.8 Å². The maximum Gasteiger partial charge on any atom is 0.295 e. The Hall–Kier alpha value is -2.85. The number of sulfonamides is 1. The smallest absolute Gasteiger partial charge is 0.295 e. The molecule has 0 bridgehead atoms. The molecule has 0 aliphatic carbocycles. The van der Waals surface area contributed by atoms with Crippen molar-refractivity contribution in [1.82, 2.24) is 4.31 Å². The van der Waals surface area contributed by atoms with Gasteiger partial charge in [0, 0.05) is 31.7 Å². The fraction of sp³-hybridized carbons (Fsp3) is 0.278. The molecule has 0 saturated carbocycles. The molecule has 1 fully saturated rings. The van der Waals surface area contributed by atoms with Crippen LogP contribution in [0, 0.1) is 15.9 Å². The van der Waals surface area contributed by atoms with Crippen LogP contribution in [0.4, 0.5) is 15.8 Å². The maximum absolute atomic E-state index is 13.3. The minimum atomic E-state index is -3.74. The van der Waals surface area contributed by atoms with E-state index in [2.05, 4.69) is 0 Å². The van der Waals surface area contributed by atoms with E-state index in [9.17, 15) is 27.7 Å². The molecular weight excluding hydrogens is 389 g/mol. The van der Waals surface area contributed by atoms with Gasteiger partial charge in [-0.15, -0.1) is 0 Å². The standard InChI is InChI=1S/C18H18FN3O5S/c1-13(23)14-2-5-16(6-3-14)28(26,27)21-10-8-20(9-11-21)17-7-4-15(19)12-18(17)22(24)25/h2-7,12H,8-11H2,1H3. The Balaban J connectivity index is 1.76. The van der Waals surface area contributed by atoms with Crippen molar-refractivity contribution in [3.05, 3.63) is 64.0 Å². The van der Waals surface area contributed by atoms with E-state index in [0.717, 1.165) is 12.1 Å². The van der Waals surface area contributed by atoms with E-state index in [-0.39, 0.29) is 48.2 Å². The molecule has 3 rings (SSSR count). The monoisotopic (exact) mass is 407 g/mol. The van der Waals surface area contributed by atoms with Crippen molar-refractivity contribution in [2.24, 2.45) is 0 Å². The number of nitro benzene ring substituents is 1. The van der Waals surface area contributed by atoms with Gasteiger partial charge in [0.15, 0.2) is 5.78 Å². The number of hydrogen-bond donors (Lipinski definition) is 0. The minimum absolute atomic E-state index is 0.0821. The first-order valence-corrected chi connectivity index (χ1v) is 9.94. The topological polar surface area (TPSA) is 101 Å². The van der Waals surface area contributed by atoms with Gasteiger partial charge in [-0.05, 0) is 31.2 Å². The van der Waals surface area contributed by atoms with Crippen LogP contribution in [0.3, 0.4) is 0 Å². The highest BCUT2D eigenvalue weighted by atomic mass is 32.2. The van der Waals surface area contributed by atoms with E-state index in [1.54, 1.807) is 4.90 Å². The lowest BCUT2D eigenvalue weighted by atomic mass is 10.2. The maximum atomic E-state index is 13.3. The second-order valence-corrected chi connectivity index (χ2v) is 8.30. The summed E-state index contributed by atoms with van der Waals surface area (Å²) < 4.78 is 40.2. The van der Waals surface area contributed by atoms with Gasteiger partial charge in [0.05, 0.1) is 15.9 Å². The third-order valence-corrected chi connectivity index (χ3v) is 6.52. The number of halogens is 1. The number of nitrogens with zero attached hydrogens (tertiary/aromatic N) is 3. The van der Waals surface area contributed by atoms with Crippen LogP contribution < -0.4 is 4.90 Å². The van der Waals surface area contributed by atoms with Gasteiger partial charge in [0.2, 0.25) is 10.0 Å². The van der Waals surface area contributed by atoms with Crippen molar-refractivity contribution in [1.29, 1.82) is 0 Å². The number of benzene rings is 2. The summed E-state index contributed by atoms with van der Waals surface area (Å²) >= 11 is 0. The van der Waals surface area contributed by atoms with Gasteiger partial charge >= 0.3 is 0 Å². The van der Waals surface area contributed by atoms with Gasteiger partial charge in [-0.1, -0.05) is 12.1 Å². The molecule has 0 atom stereocenters. The minimum Gasteiger partial charge on any atom is -0.363 e. The Bertz CT molecular complexity index is 1020. The first kappa shape index (κ1) is 19.9. The van der Waals surface area contributed by atoms with Gasteiger partial charge in [0.25, 0.3) is 5.69 Å². The van der Waals surface area contributed by atoms with Crippen molar-refractivity contribution in [3.63, 3.8) is 0 Å². The van der Waals surface area contributed by atoms with Crippen molar-refractivity contribution >= 4 is 27.2 Å². The molecule has 2 aromatic rings. The Morgan fingerprint density at radius 2 is 1.68 bits per heavy atom. The first-order chi connectivity index (χ1) is 13.2. The number of rotatable bonds is 5. The molecule has 0 unspecified atom stereocenters. The number of anilines is 1. The number of nitro groups is 1. The zero-order chi connectivity index (χ0) is 20.5. The number of Topliss-reactive ketones (excluding diaryl/α,β-unsaturated/α-hetero) is 1. The quantitative estimate of drug-likeness (QED) is 0.429. The van der Waals surface area contributed by atoms with E-state index in [0.29, 0.717) is 5.56 Å². The lowest BCUT2D eigenvalue weighted by Gasteiger charge is -2.35. The van der Waals surface area contributed by atoms with Gasteiger partial charge in [-0.3, -0.25) is 14.9 Å². The lowest BCUT2D eigenvalue weighted by molar-refractivity contribution is -0.384. The van der Waals surface area contributed by atoms with Crippen LogP contribution in [0.15, 0.2) is 47.4 Å². The number of carbonyl (C=O) groups excluding carboxylic acids is 1. The van der Waals surface area contributed by atoms with Crippen molar-refractivity contribution < 1.29 is 22.5 Å². The summed E-state index contributed by atoms with van der Waals surface area (Å²) in [6.07, 6.45) is 0. The normalized spacial score (nSPS) is 15.4. The van der Waals surface area contributed by atoms with E-state index in [1.807, 2.05) is 0 Å². The molecule has 0 aromatic heterocycles. The third kappa shape index (κ3) is 3.87. The predicted molar refractivity (Wildman–Crippen MR) is 100 cm³/mol. The highest BCUT2D eigenvalue weighted by Crippen LogP contribution is 2.30. The summed E-state index contributed by atoms with van der Waals surface area (Å²) in [6.45, 7) is 2.13. The Labute approximate surface area is 161 Å². The molecule has 0 radical (unpaired) electrons. The number of ketones is 1. The molecule has 8 nitrogen and oxygen atoms in total. The molecule has 1 heterocycles. The second kappa shape index (κ2) is 7.64. The molecule has 0 spiro atoms. The fourth-order valence-electron chi connectivity index (χ4n) is 3.09. The van der Waals surface area contributed by atoms with Gasteiger partial charge in [-0.2, -0.15) is 4.31 Å². The summed E-state index contributed by atoms with van der Waals surface area (Å²) in [6, 6.07) is 9.04. The summed E-state index contributed by atoms with van der Waals surface area (Å²) in [7, 11) is -3.74. The van der Waals surface area contributed by atoms with Crippen molar-refractivity contribution in [2.75, 3.05) is 31.1 Å². The van der Waals surface area contributed by atoms with Crippen LogP contribution in [0.2, 0.25) is 0 Å². The molecule has 148 valence electrons. The summed E-state index contributed by atoms with van der Waals surface area (Å²) in [5, 5.41) is 11.2. The lowest BCUT2D eigenvalue weighted by Crippen LogP contribution is -2.48. The third-order valence-electron chi connectivity index (χ3n) is 4.61. The summed E-state index contributed by atoms with van der Waals surface area (Å²) in [5.74, 6) is -0.857. The van der Waals surface area contributed by atoms with Gasteiger partial charge < -0.3 is 4.90 Å². The Kier molecular flexibility index (Phi) is 5.43. The molecule has 10 heteroatoms. The fourth-order valence-corrected chi connectivity index (χ4v) is 4.51. The van der Waals surface area contributed by atoms with Crippen molar-refractivity contribution in [2.45, 2.75) is 11.8 Å². The first-order valence-electron chi connectivity index (χ1n) is 8.50. The van der Waals surface area contributed by atoms with Crippen LogP contribution >= 0.6 is 0 Å². The number of carbonyl (C=O) groups is 1.